The van der Waals surface area contributed by atoms with Crippen LogP contribution in [0.1, 0.15) is 38.7 Å². The summed E-state index contributed by atoms with van der Waals surface area (Å²) in [6, 6.07) is 15.3. The highest BCUT2D eigenvalue weighted by Crippen LogP contribution is 2.26. The van der Waals surface area contributed by atoms with Crippen LogP contribution < -0.4 is 10.9 Å². The van der Waals surface area contributed by atoms with E-state index in [4.69, 9.17) is 4.98 Å². The van der Waals surface area contributed by atoms with Gasteiger partial charge in [0.2, 0.25) is 5.91 Å². The van der Waals surface area contributed by atoms with Gasteiger partial charge >= 0.3 is 0 Å². The molecular weight excluding hydrogens is 394 g/mol. The molecule has 0 aliphatic carbocycles. The smallest absolute Gasteiger partial charge is 0.266 e. The van der Waals surface area contributed by atoms with Crippen LogP contribution in [0.3, 0.4) is 0 Å². The molecular formula is C24H27N3O2S. The van der Waals surface area contributed by atoms with Gasteiger partial charge in [0.05, 0.1) is 21.8 Å². The van der Waals surface area contributed by atoms with E-state index in [2.05, 4.69) is 37.9 Å². The van der Waals surface area contributed by atoms with Crippen molar-refractivity contribution in [2.75, 3.05) is 6.54 Å². The van der Waals surface area contributed by atoms with Gasteiger partial charge in [-0.1, -0.05) is 56.0 Å². The third kappa shape index (κ3) is 4.65. The standard InChI is InChI=1S/C24H27N3O2S/c1-5-15-25-22(28)17(4)30-24-26-21-10-8-7-9-20(21)23(29)27(24)19-13-11-18(12-14-19)16(3)6-2/h5,7-14,16-17H,1,6,15H2,2-4H3,(H,25,28)/t16-,17-/m1/s1. The van der Waals surface area contributed by atoms with E-state index >= 15 is 0 Å². The van der Waals surface area contributed by atoms with E-state index in [1.54, 1.807) is 23.6 Å². The van der Waals surface area contributed by atoms with E-state index in [1.807, 2.05) is 30.3 Å². The van der Waals surface area contributed by atoms with Crippen molar-refractivity contribution in [3.63, 3.8) is 0 Å². The van der Waals surface area contributed by atoms with Crippen LogP contribution >= 0.6 is 11.8 Å². The fourth-order valence-corrected chi connectivity index (χ4v) is 4.09. The molecule has 3 rings (SSSR count). The first-order chi connectivity index (χ1) is 14.5. The molecule has 3 aromatic rings. The minimum absolute atomic E-state index is 0.124. The minimum atomic E-state index is -0.413. The molecule has 1 aromatic heterocycles. The zero-order chi connectivity index (χ0) is 21.7. The van der Waals surface area contributed by atoms with Crippen LogP contribution in [-0.4, -0.2) is 27.3 Å². The fraction of sp³-hybridized carbons (Fsp3) is 0.292. The number of hydrogen-bond donors (Lipinski definition) is 1. The van der Waals surface area contributed by atoms with Crippen molar-refractivity contribution < 1.29 is 4.79 Å². The summed E-state index contributed by atoms with van der Waals surface area (Å²) in [5, 5.41) is 3.43. The maximum Gasteiger partial charge on any atom is 0.266 e. The van der Waals surface area contributed by atoms with Crippen LogP contribution in [0.25, 0.3) is 16.6 Å². The first-order valence-corrected chi connectivity index (χ1v) is 11.0. The Balaban J connectivity index is 2.08. The summed E-state index contributed by atoms with van der Waals surface area (Å²) in [5.74, 6) is 0.328. The lowest BCUT2D eigenvalue weighted by atomic mass is 9.98. The second-order valence-electron chi connectivity index (χ2n) is 7.25. The van der Waals surface area contributed by atoms with Crippen molar-refractivity contribution in [1.29, 1.82) is 0 Å². The number of carbonyl (C=O) groups is 1. The van der Waals surface area contributed by atoms with Crippen LogP contribution in [-0.2, 0) is 4.79 Å². The van der Waals surface area contributed by atoms with Crippen LogP contribution in [0.15, 0.2) is 71.1 Å². The molecule has 0 spiro atoms. The summed E-state index contributed by atoms with van der Waals surface area (Å²) in [5.41, 5.74) is 2.45. The number of amides is 1. The van der Waals surface area contributed by atoms with Gasteiger partial charge in [-0.05, 0) is 49.1 Å². The molecule has 5 nitrogen and oxygen atoms in total. The van der Waals surface area contributed by atoms with Gasteiger partial charge in [-0.25, -0.2) is 4.98 Å². The molecule has 0 bridgehead atoms. The van der Waals surface area contributed by atoms with Crippen LogP contribution in [0.2, 0.25) is 0 Å². The zero-order valence-corrected chi connectivity index (χ0v) is 18.4. The first-order valence-electron chi connectivity index (χ1n) is 10.1. The van der Waals surface area contributed by atoms with Gasteiger partial charge in [0.25, 0.3) is 5.56 Å². The number of fused-ring (bicyclic) bond motifs is 1. The fourth-order valence-electron chi connectivity index (χ4n) is 3.13. The van der Waals surface area contributed by atoms with Gasteiger partial charge in [0.15, 0.2) is 5.16 Å². The lowest BCUT2D eigenvalue weighted by Gasteiger charge is -2.17. The SMILES string of the molecule is C=CCNC(=O)[C@@H](C)Sc1nc2ccccc2c(=O)n1-c1ccc([C@H](C)CC)cc1. The van der Waals surface area contributed by atoms with E-state index in [0.717, 1.165) is 12.1 Å². The predicted molar refractivity (Wildman–Crippen MR) is 125 cm³/mol. The zero-order valence-electron chi connectivity index (χ0n) is 17.6. The molecule has 30 heavy (non-hydrogen) atoms. The largest absolute Gasteiger partial charge is 0.352 e. The van der Waals surface area contributed by atoms with Crippen LogP contribution in [0.4, 0.5) is 0 Å². The molecule has 0 saturated heterocycles. The lowest BCUT2D eigenvalue weighted by molar-refractivity contribution is -0.120. The third-order valence-electron chi connectivity index (χ3n) is 5.15. The summed E-state index contributed by atoms with van der Waals surface area (Å²) in [6.07, 6.45) is 2.69. The maximum atomic E-state index is 13.3. The van der Waals surface area contributed by atoms with E-state index < -0.39 is 5.25 Å². The molecule has 0 fully saturated rings. The van der Waals surface area contributed by atoms with Gasteiger partial charge in [-0.2, -0.15) is 0 Å². The summed E-state index contributed by atoms with van der Waals surface area (Å²) in [6.45, 7) is 10.2. The molecule has 1 amide bonds. The van der Waals surface area contributed by atoms with Crippen molar-refractivity contribution >= 4 is 28.6 Å². The Morgan fingerprint density at radius 1 is 1.20 bits per heavy atom. The third-order valence-corrected chi connectivity index (χ3v) is 6.20. The monoisotopic (exact) mass is 421 g/mol. The van der Waals surface area contributed by atoms with Crippen molar-refractivity contribution in [2.45, 2.75) is 43.5 Å². The van der Waals surface area contributed by atoms with Gasteiger partial charge in [-0.3, -0.25) is 14.2 Å². The summed E-state index contributed by atoms with van der Waals surface area (Å²) in [4.78, 5) is 30.4. The molecule has 2 atom stereocenters. The number of hydrogen-bond acceptors (Lipinski definition) is 4. The number of aromatic nitrogens is 2. The molecule has 0 aliphatic rings. The Labute approximate surface area is 181 Å². The average Bonchev–Trinajstić information content (AvgIpc) is 2.77. The van der Waals surface area contributed by atoms with E-state index in [1.165, 1.54) is 17.3 Å². The Morgan fingerprint density at radius 2 is 1.90 bits per heavy atom. The molecule has 156 valence electrons. The molecule has 2 aromatic carbocycles. The Morgan fingerprint density at radius 3 is 2.57 bits per heavy atom. The molecule has 0 saturated carbocycles. The van der Waals surface area contributed by atoms with E-state index in [0.29, 0.717) is 28.5 Å². The molecule has 0 aliphatic heterocycles. The summed E-state index contributed by atoms with van der Waals surface area (Å²) >= 11 is 1.27. The van der Waals surface area contributed by atoms with Gasteiger partial charge in [-0.15, -0.1) is 6.58 Å². The highest BCUT2D eigenvalue weighted by atomic mass is 32.2. The summed E-state index contributed by atoms with van der Waals surface area (Å²) < 4.78 is 1.60. The highest BCUT2D eigenvalue weighted by Gasteiger charge is 2.20. The normalized spacial score (nSPS) is 13.0. The van der Waals surface area contributed by atoms with Crippen LogP contribution in [0.5, 0.6) is 0 Å². The molecule has 0 unspecified atom stereocenters. The Bertz CT molecular complexity index is 1110. The highest BCUT2D eigenvalue weighted by molar-refractivity contribution is 8.00. The maximum absolute atomic E-state index is 13.3. The quantitative estimate of drug-likeness (QED) is 0.326. The number of nitrogens with one attached hydrogen (secondary N) is 1. The Kier molecular flexibility index (Phi) is 7.11. The second kappa shape index (κ2) is 9.76. The molecule has 6 heteroatoms. The number of thioether (sulfide) groups is 1. The number of nitrogens with zero attached hydrogens (tertiary/aromatic N) is 2. The topological polar surface area (TPSA) is 64.0 Å². The molecule has 1 heterocycles. The Hall–Kier alpha value is -2.86. The van der Waals surface area contributed by atoms with E-state index in [9.17, 15) is 9.59 Å². The summed E-state index contributed by atoms with van der Waals surface area (Å²) in [7, 11) is 0. The lowest BCUT2D eigenvalue weighted by Crippen LogP contribution is -2.32. The number of carbonyl (C=O) groups excluding carboxylic acids is 1. The predicted octanol–water partition coefficient (Wildman–Crippen LogP) is 4.68. The van der Waals surface area contributed by atoms with Crippen molar-refractivity contribution in [3.05, 3.63) is 77.1 Å². The molecule has 1 N–H and O–H groups in total. The van der Waals surface area contributed by atoms with Crippen molar-refractivity contribution in [3.8, 4) is 5.69 Å². The number of para-hydroxylation sites is 1. The number of rotatable bonds is 8. The van der Waals surface area contributed by atoms with Crippen molar-refractivity contribution in [1.82, 2.24) is 14.9 Å². The van der Waals surface area contributed by atoms with Gasteiger partial charge in [0, 0.05) is 6.54 Å². The van der Waals surface area contributed by atoms with Crippen molar-refractivity contribution in [2.24, 2.45) is 0 Å². The van der Waals surface area contributed by atoms with Crippen LogP contribution in [0, 0.1) is 0 Å². The first kappa shape index (κ1) is 21.8. The second-order valence-corrected chi connectivity index (χ2v) is 8.55. The van der Waals surface area contributed by atoms with Gasteiger partial charge < -0.3 is 5.32 Å². The van der Waals surface area contributed by atoms with E-state index in [-0.39, 0.29) is 11.5 Å². The number of benzene rings is 2. The van der Waals surface area contributed by atoms with Gasteiger partial charge in [0.1, 0.15) is 0 Å². The minimum Gasteiger partial charge on any atom is -0.352 e. The molecule has 0 radical (unpaired) electrons. The average molecular weight is 422 g/mol.